The van der Waals surface area contributed by atoms with E-state index in [4.69, 9.17) is 4.52 Å². The van der Waals surface area contributed by atoms with E-state index in [1.807, 2.05) is 29.0 Å². The number of aryl methyl sites for hydroxylation is 1. The summed E-state index contributed by atoms with van der Waals surface area (Å²) in [6.07, 6.45) is 0.714. The topological polar surface area (TPSA) is 51.0 Å². The molecule has 0 unspecified atom stereocenters. The predicted molar refractivity (Wildman–Crippen MR) is 81.0 cm³/mol. The Morgan fingerprint density at radius 1 is 1.25 bits per heavy atom. The summed E-state index contributed by atoms with van der Waals surface area (Å²) in [7, 11) is 0. The highest BCUT2D eigenvalue weighted by atomic mass is 32.1. The van der Waals surface area contributed by atoms with Crippen LogP contribution < -0.4 is 5.32 Å². The minimum atomic E-state index is 0.660. The van der Waals surface area contributed by atoms with Gasteiger partial charge in [0.1, 0.15) is 0 Å². The third-order valence-corrected chi connectivity index (χ3v) is 3.73. The molecule has 4 nitrogen and oxygen atoms in total. The molecular weight excluding hydrogens is 270 g/mol. The zero-order valence-corrected chi connectivity index (χ0v) is 12.0. The lowest BCUT2D eigenvalue weighted by Gasteiger charge is -2.07. The first-order valence-corrected chi connectivity index (χ1v) is 7.42. The van der Waals surface area contributed by atoms with Crippen LogP contribution in [0.4, 0.5) is 5.69 Å². The molecule has 0 fully saturated rings. The highest BCUT2D eigenvalue weighted by molar-refractivity contribution is 7.08. The standard InChI is InChI=1S/C15H15N3OS/c1-11-4-2-3-5-13(11)16-8-6-14-17-15(18-19-14)12-7-9-20-10-12/h2-5,7,9-10,16H,6,8H2,1H3. The molecule has 102 valence electrons. The molecule has 3 rings (SSSR count). The van der Waals surface area contributed by atoms with E-state index < -0.39 is 0 Å². The fraction of sp³-hybridized carbons (Fsp3) is 0.200. The van der Waals surface area contributed by atoms with Crippen molar-refractivity contribution in [3.05, 3.63) is 52.5 Å². The first kappa shape index (κ1) is 12.9. The predicted octanol–water partition coefficient (Wildman–Crippen LogP) is 3.76. The maximum atomic E-state index is 5.26. The number of benzene rings is 1. The summed E-state index contributed by atoms with van der Waals surface area (Å²) < 4.78 is 5.26. The van der Waals surface area contributed by atoms with Gasteiger partial charge in [0.25, 0.3) is 0 Å². The molecule has 1 aromatic carbocycles. The zero-order chi connectivity index (χ0) is 13.8. The number of anilines is 1. The summed E-state index contributed by atoms with van der Waals surface area (Å²) in [5, 5.41) is 11.4. The third kappa shape index (κ3) is 2.88. The van der Waals surface area contributed by atoms with Crippen LogP contribution in [0.1, 0.15) is 11.5 Å². The van der Waals surface area contributed by atoms with Crippen LogP contribution in [0.2, 0.25) is 0 Å². The van der Waals surface area contributed by atoms with Crippen molar-refractivity contribution in [2.75, 3.05) is 11.9 Å². The van der Waals surface area contributed by atoms with Gasteiger partial charge in [-0.3, -0.25) is 0 Å². The van der Waals surface area contributed by atoms with Crippen LogP contribution in [0.15, 0.2) is 45.6 Å². The van der Waals surface area contributed by atoms with Gasteiger partial charge < -0.3 is 9.84 Å². The first-order valence-electron chi connectivity index (χ1n) is 6.47. The van der Waals surface area contributed by atoms with E-state index >= 15 is 0 Å². The van der Waals surface area contributed by atoms with Crippen molar-refractivity contribution < 1.29 is 4.52 Å². The van der Waals surface area contributed by atoms with Gasteiger partial charge in [-0.25, -0.2) is 0 Å². The van der Waals surface area contributed by atoms with Gasteiger partial charge in [-0.05, 0) is 30.0 Å². The summed E-state index contributed by atoms with van der Waals surface area (Å²) in [6.45, 7) is 2.86. The lowest BCUT2D eigenvalue weighted by molar-refractivity contribution is 0.381. The molecule has 0 amide bonds. The Bertz CT molecular complexity index is 676. The number of para-hydroxylation sites is 1. The molecule has 0 saturated carbocycles. The molecule has 0 aliphatic heterocycles. The molecule has 0 bridgehead atoms. The Morgan fingerprint density at radius 2 is 2.15 bits per heavy atom. The highest BCUT2D eigenvalue weighted by Crippen LogP contribution is 2.19. The van der Waals surface area contributed by atoms with Gasteiger partial charge in [0.2, 0.25) is 11.7 Å². The smallest absolute Gasteiger partial charge is 0.228 e. The minimum absolute atomic E-state index is 0.660. The second kappa shape index (κ2) is 5.88. The van der Waals surface area contributed by atoms with Gasteiger partial charge in [0.15, 0.2) is 0 Å². The van der Waals surface area contributed by atoms with Gasteiger partial charge in [-0.1, -0.05) is 23.4 Å². The van der Waals surface area contributed by atoms with E-state index in [2.05, 4.69) is 34.5 Å². The maximum Gasteiger partial charge on any atom is 0.228 e. The largest absolute Gasteiger partial charge is 0.384 e. The van der Waals surface area contributed by atoms with Crippen LogP contribution in [-0.2, 0) is 6.42 Å². The van der Waals surface area contributed by atoms with Crippen LogP contribution in [0.5, 0.6) is 0 Å². The summed E-state index contributed by atoms with van der Waals surface area (Å²) in [6, 6.07) is 10.2. The Balaban J connectivity index is 1.58. The quantitative estimate of drug-likeness (QED) is 0.775. The molecule has 0 atom stereocenters. The molecule has 0 radical (unpaired) electrons. The Kier molecular flexibility index (Phi) is 3.78. The number of nitrogens with zero attached hydrogens (tertiary/aromatic N) is 2. The van der Waals surface area contributed by atoms with Crippen molar-refractivity contribution in [1.82, 2.24) is 10.1 Å². The Morgan fingerprint density at radius 3 is 2.95 bits per heavy atom. The molecule has 0 spiro atoms. The summed E-state index contributed by atoms with van der Waals surface area (Å²) >= 11 is 1.63. The van der Waals surface area contributed by atoms with E-state index in [1.165, 1.54) is 5.56 Å². The number of rotatable bonds is 5. The molecule has 20 heavy (non-hydrogen) atoms. The molecule has 2 heterocycles. The summed E-state index contributed by atoms with van der Waals surface area (Å²) in [4.78, 5) is 4.40. The monoisotopic (exact) mass is 285 g/mol. The Labute approximate surface area is 121 Å². The van der Waals surface area contributed by atoms with Gasteiger partial charge in [0, 0.05) is 29.6 Å². The van der Waals surface area contributed by atoms with Crippen molar-refractivity contribution >= 4 is 17.0 Å². The van der Waals surface area contributed by atoms with Crippen molar-refractivity contribution in [2.24, 2.45) is 0 Å². The maximum absolute atomic E-state index is 5.26. The number of aromatic nitrogens is 2. The fourth-order valence-corrected chi connectivity index (χ4v) is 2.58. The van der Waals surface area contributed by atoms with Crippen molar-refractivity contribution in [3.8, 4) is 11.4 Å². The van der Waals surface area contributed by atoms with Crippen LogP contribution in [0, 0.1) is 6.92 Å². The third-order valence-electron chi connectivity index (χ3n) is 3.05. The van der Waals surface area contributed by atoms with Gasteiger partial charge in [-0.15, -0.1) is 0 Å². The number of thiophene rings is 1. The zero-order valence-electron chi connectivity index (χ0n) is 11.2. The lowest BCUT2D eigenvalue weighted by Crippen LogP contribution is -2.06. The van der Waals surface area contributed by atoms with Crippen molar-refractivity contribution in [1.29, 1.82) is 0 Å². The molecule has 1 N–H and O–H groups in total. The summed E-state index contributed by atoms with van der Waals surface area (Å²) in [5.41, 5.74) is 3.39. The molecular formula is C15H15N3OS. The summed E-state index contributed by atoms with van der Waals surface area (Å²) in [5.74, 6) is 1.32. The van der Waals surface area contributed by atoms with Crippen LogP contribution in [-0.4, -0.2) is 16.7 Å². The first-order chi connectivity index (χ1) is 9.83. The van der Waals surface area contributed by atoms with Crippen molar-refractivity contribution in [2.45, 2.75) is 13.3 Å². The van der Waals surface area contributed by atoms with E-state index in [-0.39, 0.29) is 0 Å². The molecule has 3 aromatic rings. The van der Waals surface area contributed by atoms with E-state index in [0.717, 1.165) is 17.8 Å². The van der Waals surface area contributed by atoms with E-state index in [1.54, 1.807) is 11.3 Å². The second-order valence-electron chi connectivity index (χ2n) is 4.52. The normalized spacial score (nSPS) is 10.7. The molecule has 2 aromatic heterocycles. The lowest BCUT2D eigenvalue weighted by atomic mass is 10.2. The van der Waals surface area contributed by atoms with Gasteiger partial charge in [-0.2, -0.15) is 16.3 Å². The molecule has 5 heteroatoms. The Hall–Kier alpha value is -2.14. The van der Waals surface area contributed by atoms with Crippen LogP contribution >= 0.6 is 11.3 Å². The minimum Gasteiger partial charge on any atom is -0.384 e. The van der Waals surface area contributed by atoms with Gasteiger partial charge >= 0.3 is 0 Å². The van der Waals surface area contributed by atoms with Crippen molar-refractivity contribution in [3.63, 3.8) is 0 Å². The fourth-order valence-electron chi connectivity index (χ4n) is 1.94. The van der Waals surface area contributed by atoms with Gasteiger partial charge in [0.05, 0.1) is 0 Å². The number of hydrogen-bond donors (Lipinski definition) is 1. The SMILES string of the molecule is Cc1ccccc1NCCc1nc(-c2ccsc2)no1. The van der Waals surface area contributed by atoms with Crippen LogP contribution in [0.3, 0.4) is 0 Å². The van der Waals surface area contributed by atoms with E-state index in [9.17, 15) is 0 Å². The van der Waals surface area contributed by atoms with Crippen LogP contribution in [0.25, 0.3) is 11.4 Å². The number of hydrogen-bond acceptors (Lipinski definition) is 5. The highest BCUT2D eigenvalue weighted by Gasteiger charge is 2.08. The second-order valence-corrected chi connectivity index (χ2v) is 5.30. The average Bonchev–Trinajstić information content (AvgIpc) is 3.11. The molecule has 0 aliphatic carbocycles. The number of nitrogens with one attached hydrogen (secondary N) is 1. The average molecular weight is 285 g/mol. The molecule has 0 saturated heterocycles. The van der Waals surface area contributed by atoms with E-state index in [0.29, 0.717) is 18.1 Å². The molecule has 0 aliphatic rings.